The second-order valence-corrected chi connectivity index (χ2v) is 9.02. The first-order valence-electron chi connectivity index (χ1n) is 9.54. The van der Waals surface area contributed by atoms with Crippen LogP contribution in [0.4, 0.5) is 0 Å². The van der Waals surface area contributed by atoms with Crippen LogP contribution in [0.5, 0.6) is 11.5 Å². The molecule has 0 bridgehead atoms. The molecule has 0 aromatic heterocycles. The molecule has 1 aliphatic rings. The molecule has 7 nitrogen and oxygen atoms in total. The number of aryl methyl sites for hydroxylation is 1. The minimum absolute atomic E-state index is 0.0966. The Hall–Kier alpha value is -2.58. The first kappa shape index (κ1) is 21.1. The van der Waals surface area contributed by atoms with Gasteiger partial charge < -0.3 is 14.8 Å². The van der Waals surface area contributed by atoms with Gasteiger partial charge in [-0.15, -0.1) is 0 Å². The summed E-state index contributed by atoms with van der Waals surface area (Å²) in [6, 6.07) is 12.7. The lowest BCUT2D eigenvalue weighted by Crippen LogP contribution is -2.32. The summed E-state index contributed by atoms with van der Waals surface area (Å²) in [7, 11) is -3.43. The number of fused-ring (bicyclic) bond motifs is 1. The van der Waals surface area contributed by atoms with Crippen molar-refractivity contribution in [2.24, 2.45) is 0 Å². The molecule has 1 aliphatic heterocycles. The molecule has 1 heterocycles. The first-order valence-corrected chi connectivity index (χ1v) is 11.2. The molecule has 0 saturated carbocycles. The van der Waals surface area contributed by atoms with Crippen molar-refractivity contribution in [2.45, 2.75) is 45.0 Å². The zero-order chi connectivity index (χ0) is 20.9. The normalized spacial score (nSPS) is 12.9. The molecular formula is C21H26N2O5S. The molecule has 29 heavy (non-hydrogen) atoms. The summed E-state index contributed by atoms with van der Waals surface area (Å²) in [5, 5.41) is 2.88. The Bertz CT molecular complexity index is 973. The van der Waals surface area contributed by atoms with E-state index in [1.54, 1.807) is 26.0 Å². The van der Waals surface area contributed by atoms with Crippen molar-refractivity contribution in [1.82, 2.24) is 10.0 Å². The zero-order valence-electron chi connectivity index (χ0n) is 16.6. The summed E-state index contributed by atoms with van der Waals surface area (Å²) in [4.78, 5) is 12.3. The van der Waals surface area contributed by atoms with Crippen LogP contribution in [0.3, 0.4) is 0 Å². The van der Waals surface area contributed by atoms with E-state index < -0.39 is 10.0 Å². The van der Waals surface area contributed by atoms with E-state index in [9.17, 15) is 13.2 Å². The molecule has 3 rings (SSSR count). The van der Waals surface area contributed by atoms with E-state index in [1.165, 1.54) is 0 Å². The highest BCUT2D eigenvalue weighted by Crippen LogP contribution is 2.32. The van der Waals surface area contributed by atoms with Crippen molar-refractivity contribution < 1.29 is 22.7 Å². The highest BCUT2D eigenvalue weighted by Gasteiger charge is 2.16. The minimum atomic E-state index is -3.43. The molecule has 2 aromatic carbocycles. The fourth-order valence-corrected chi connectivity index (χ4v) is 4.61. The lowest BCUT2D eigenvalue weighted by atomic mass is 10.1. The molecule has 0 saturated heterocycles. The maximum Gasteiger partial charge on any atom is 0.231 e. The average Bonchev–Trinajstić information content (AvgIpc) is 3.12. The second kappa shape index (κ2) is 9.28. The zero-order valence-corrected chi connectivity index (χ0v) is 17.4. The van der Waals surface area contributed by atoms with Gasteiger partial charge in [0.05, 0.1) is 5.75 Å². The number of nitrogens with one attached hydrogen (secondary N) is 2. The van der Waals surface area contributed by atoms with Gasteiger partial charge in [-0.1, -0.05) is 30.3 Å². The van der Waals surface area contributed by atoms with Crippen molar-refractivity contribution in [3.63, 3.8) is 0 Å². The van der Waals surface area contributed by atoms with Crippen LogP contribution in [0, 0.1) is 0 Å². The van der Waals surface area contributed by atoms with Gasteiger partial charge in [0.25, 0.3) is 0 Å². The summed E-state index contributed by atoms with van der Waals surface area (Å²) in [5.74, 6) is 1.21. The van der Waals surface area contributed by atoms with E-state index >= 15 is 0 Å². The Kier molecular flexibility index (Phi) is 6.76. The fourth-order valence-electron chi connectivity index (χ4n) is 3.11. The smallest absolute Gasteiger partial charge is 0.231 e. The predicted molar refractivity (Wildman–Crippen MR) is 110 cm³/mol. The number of ether oxygens (including phenoxy) is 2. The molecule has 0 atom stereocenters. The number of amides is 1. The van der Waals surface area contributed by atoms with Gasteiger partial charge in [0.2, 0.25) is 22.7 Å². The van der Waals surface area contributed by atoms with E-state index in [0.29, 0.717) is 24.2 Å². The largest absolute Gasteiger partial charge is 0.454 e. The van der Waals surface area contributed by atoms with Gasteiger partial charge in [-0.25, -0.2) is 13.1 Å². The third-order valence-corrected chi connectivity index (χ3v) is 5.95. The Morgan fingerprint density at radius 1 is 1.07 bits per heavy atom. The van der Waals surface area contributed by atoms with E-state index in [2.05, 4.69) is 10.0 Å². The van der Waals surface area contributed by atoms with Gasteiger partial charge in [-0.3, -0.25) is 4.79 Å². The van der Waals surface area contributed by atoms with Crippen LogP contribution in [0.1, 0.15) is 37.0 Å². The Labute approximate surface area is 171 Å². The fraction of sp³-hybridized carbons (Fsp3) is 0.381. The maximum atomic E-state index is 12.3. The number of sulfonamides is 1. The van der Waals surface area contributed by atoms with Crippen molar-refractivity contribution in [1.29, 1.82) is 0 Å². The van der Waals surface area contributed by atoms with Crippen molar-refractivity contribution in [3.8, 4) is 11.5 Å². The average molecular weight is 419 g/mol. The molecular weight excluding hydrogens is 392 g/mol. The lowest BCUT2D eigenvalue weighted by molar-refractivity contribution is -0.121. The molecule has 8 heteroatoms. The van der Waals surface area contributed by atoms with Crippen LogP contribution < -0.4 is 19.5 Å². The van der Waals surface area contributed by atoms with E-state index in [4.69, 9.17) is 9.47 Å². The van der Waals surface area contributed by atoms with Crippen LogP contribution in [0.2, 0.25) is 0 Å². The van der Waals surface area contributed by atoms with Crippen LogP contribution in [-0.4, -0.2) is 27.2 Å². The molecule has 2 N–H and O–H groups in total. The molecule has 0 spiro atoms. The topological polar surface area (TPSA) is 93.7 Å². The number of carbonyl (C=O) groups excluding carboxylic acids is 1. The van der Waals surface area contributed by atoms with E-state index in [1.807, 2.05) is 30.3 Å². The third-order valence-electron chi connectivity index (χ3n) is 4.43. The Morgan fingerprint density at radius 2 is 1.79 bits per heavy atom. The molecule has 0 aliphatic carbocycles. The number of carbonyl (C=O) groups is 1. The van der Waals surface area contributed by atoms with Crippen LogP contribution in [0.25, 0.3) is 0 Å². The molecule has 0 radical (unpaired) electrons. The summed E-state index contributed by atoms with van der Waals surface area (Å²) in [5.41, 5.74) is 2.46. The predicted octanol–water partition coefficient (Wildman–Crippen LogP) is 2.49. The van der Waals surface area contributed by atoms with Crippen LogP contribution in [-0.2, 0) is 33.5 Å². The number of rotatable bonds is 9. The molecule has 156 valence electrons. The second-order valence-electron chi connectivity index (χ2n) is 7.26. The van der Waals surface area contributed by atoms with Gasteiger partial charge in [0, 0.05) is 19.0 Å². The number of hydrogen-bond donors (Lipinski definition) is 2. The maximum absolute atomic E-state index is 12.3. The van der Waals surface area contributed by atoms with Crippen LogP contribution in [0.15, 0.2) is 42.5 Å². The molecule has 2 aromatic rings. The van der Waals surface area contributed by atoms with Gasteiger partial charge in [-0.2, -0.15) is 0 Å². The quantitative estimate of drug-likeness (QED) is 0.653. The summed E-state index contributed by atoms with van der Waals surface area (Å²) >= 11 is 0. The van der Waals surface area contributed by atoms with Gasteiger partial charge >= 0.3 is 0 Å². The summed E-state index contributed by atoms with van der Waals surface area (Å²) in [6.07, 6.45) is 0.909. The number of benzene rings is 2. The van der Waals surface area contributed by atoms with Gasteiger partial charge in [0.15, 0.2) is 11.5 Å². The minimum Gasteiger partial charge on any atom is -0.454 e. The molecule has 1 amide bonds. The van der Waals surface area contributed by atoms with Crippen molar-refractivity contribution in [3.05, 3.63) is 59.2 Å². The summed E-state index contributed by atoms with van der Waals surface area (Å²) in [6.45, 7) is 4.07. The Morgan fingerprint density at radius 3 is 2.55 bits per heavy atom. The molecule has 0 fully saturated rings. The molecule has 0 unspecified atom stereocenters. The van der Waals surface area contributed by atoms with Crippen LogP contribution >= 0.6 is 0 Å². The Balaban J connectivity index is 1.54. The standard InChI is InChI=1S/C21H26N2O5S/c1-15(2)23-29(25,26)13-18-6-4-3-5-17(18)12-22-21(24)10-8-16-7-9-19-20(11-16)28-14-27-19/h3-7,9,11,15,23H,8,10,12-14H2,1-2H3,(H,22,24). The monoisotopic (exact) mass is 418 g/mol. The van der Waals surface area contributed by atoms with E-state index in [-0.39, 0.29) is 31.0 Å². The summed E-state index contributed by atoms with van der Waals surface area (Å²) < 4.78 is 37.7. The SMILES string of the molecule is CC(C)NS(=O)(=O)Cc1ccccc1CNC(=O)CCc1ccc2c(c1)OCO2. The van der Waals surface area contributed by atoms with E-state index in [0.717, 1.165) is 16.9 Å². The van der Waals surface area contributed by atoms with Crippen molar-refractivity contribution >= 4 is 15.9 Å². The van der Waals surface area contributed by atoms with Crippen molar-refractivity contribution in [2.75, 3.05) is 6.79 Å². The van der Waals surface area contributed by atoms with Gasteiger partial charge in [-0.05, 0) is 49.1 Å². The first-order chi connectivity index (χ1) is 13.8. The lowest BCUT2D eigenvalue weighted by Gasteiger charge is -2.13. The van der Waals surface area contributed by atoms with Gasteiger partial charge in [0.1, 0.15) is 0 Å². The highest BCUT2D eigenvalue weighted by molar-refractivity contribution is 7.88. The number of hydrogen-bond acceptors (Lipinski definition) is 5. The third kappa shape index (κ3) is 6.20. The highest BCUT2D eigenvalue weighted by atomic mass is 32.2.